The van der Waals surface area contributed by atoms with Gasteiger partial charge in [0, 0.05) is 19.2 Å². The van der Waals surface area contributed by atoms with E-state index < -0.39 is 11.9 Å². The Morgan fingerprint density at radius 1 is 1.21 bits per heavy atom. The van der Waals surface area contributed by atoms with Crippen molar-refractivity contribution in [3.8, 4) is 0 Å². The minimum atomic E-state index is -0.480. The molecule has 9 heteroatoms. The smallest absolute Gasteiger partial charge is 0.321 e. The lowest BCUT2D eigenvalue weighted by molar-refractivity contribution is -0.117. The number of nitrogens with one attached hydrogen (secondary N) is 2. The molecule has 1 aliphatic carbocycles. The van der Waals surface area contributed by atoms with Crippen LogP contribution in [0.5, 0.6) is 0 Å². The Balaban J connectivity index is 1.64. The van der Waals surface area contributed by atoms with Gasteiger partial charge in [-0.15, -0.1) is 0 Å². The number of urea groups is 1. The van der Waals surface area contributed by atoms with Crippen LogP contribution in [0.25, 0.3) is 10.9 Å². The summed E-state index contributed by atoms with van der Waals surface area (Å²) in [5, 5.41) is 15.2. The molecule has 0 bridgehead atoms. The van der Waals surface area contributed by atoms with Crippen molar-refractivity contribution in [2.45, 2.75) is 56.3 Å². The van der Waals surface area contributed by atoms with E-state index in [0.29, 0.717) is 29.0 Å². The minimum Gasteiger partial charge on any atom is -0.396 e. The second kappa shape index (κ2) is 10.4. The van der Waals surface area contributed by atoms with Crippen LogP contribution in [0.2, 0.25) is 0 Å². The number of amides is 3. The lowest BCUT2D eigenvalue weighted by Crippen LogP contribution is -2.45. The molecule has 0 saturated heterocycles. The van der Waals surface area contributed by atoms with Gasteiger partial charge in [-0.2, -0.15) is 0 Å². The van der Waals surface area contributed by atoms with E-state index in [1.165, 1.54) is 11.0 Å². The van der Waals surface area contributed by atoms with Gasteiger partial charge in [0.05, 0.1) is 16.7 Å². The van der Waals surface area contributed by atoms with Crippen LogP contribution in [0.15, 0.2) is 34.2 Å². The van der Waals surface area contributed by atoms with Crippen molar-refractivity contribution in [1.29, 1.82) is 0 Å². The van der Waals surface area contributed by atoms with Gasteiger partial charge in [0.1, 0.15) is 0 Å². The van der Waals surface area contributed by atoms with Gasteiger partial charge in [0.15, 0.2) is 5.16 Å². The van der Waals surface area contributed by atoms with Crippen LogP contribution in [0.4, 0.5) is 4.79 Å². The minimum absolute atomic E-state index is 0.0397. The largest absolute Gasteiger partial charge is 0.396 e. The monoisotopic (exact) mass is 418 g/mol. The summed E-state index contributed by atoms with van der Waals surface area (Å²) in [6.07, 6.45) is 5.65. The topological polar surface area (TPSA) is 113 Å². The van der Waals surface area contributed by atoms with E-state index in [1.54, 1.807) is 24.3 Å². The maximum Gasteiger partial charge on any atom is 0.321 e. The van der Waals surface area contributed by atoms with E-state index in [9.17, 15) is 14.4 Å². The third-order valence-electron chi connectivity index (χ3n) is 4.89. The summed E-state index contributed by atoms with van der Waals surface area (Å²) in [6.45, 7) is 0.254. The van der Waals surface area contributed by atoms with Crippen LogP contribution in [0, 0.1) is 0 Å². The Hall–Kier alpha value is -2.39. The van der Waals surface area contributed by atoms with E-state index in [1.807, 2.05) is 0 Å². The van der Waals surface area contributed by atoms with Crippen LogP contribution < -0.4 is 16.2 Å². The first kappa shape index (κ1) is 21.3. The first-order valence-electron chi connectivity index (χ1n) is 9.92. The highest BCUT2D eigenvalue weighted by atomic mass is 32.2. The average Bonchev–Trinajstić information content (AvgIpc) is 2.72. The van der Waals surface area contributed by atoms with Gasteiger partial charge in [-0.25, -0.2) is 9.78 Å². The molecule has 3 N–H and O–H groups in total. The zero-order valence-corrected chi connectivity index (χ0v) is 17.0. The Morgan fingerprint density at radius 2 is 1.97 bits per heavy atom. The van der Waals surface area contributed by atoms with Crippen LogP contribution in [-0.2, 0) is 11.3 Å². The molecule has 1 heterocycles. The molecule has 3 rings (SSSR count). The van der Waals surface area contributed by atoms with Crippen molar-refractivity contribution in [3.05, 3.63) is 34.6 Å². The standard InChI is InChI=1S/C20H26N4O4S/c25-12-6-11-24-18(27)15-9-4-5-10-16(15)22-20(24)29-13-17(26)23-19(28)21-14-7-2-1-3-8-14/h4-5,9-10,14,25H,1-3,6-8,11-13H2,(H2,21,23,26,28). The normalized spacial score (nSPS) is 14.7. The van der Waals surface area contributed by atoms with E-state index in [0.717, 1.165) is 37.4 Å². The molecular weight excluding hydrogens is 392 g/mol. The molecule has 1 aromatic carbocycles. The van der Waals surface area contributed by atoms with Crippen molar-refractivity contribution < 1.29 is 14.7 Å². The van der Waals surface area contributed by atoms with E-state index in [4.69, 9.17) is 5.11 Å². The number of nitrogens with zero attached hydrogens (tertiary/aromatic N) is 2. The maximum absolute atomic E-state index is 12.8. The molecule has 2 aromatic rings. The Labute approximate surface area is 173 Å². The number of imide groups is 1. The highest BCUT2D eigenvalue weighted by molar-refractivity contribution is 7.99. The second-order valence-corrected chi connectivity index (χ2v) is 8.03. The quantitative estimate of drug-likeness (QED) is 0.468. The first-order chi connectivity index (χ1) is 14.1. The van der Waals surface area contributed by atoms with Crippen molar-refractivity contribution in [1.82, 2.24) is 20.2 Å². The zero-order chi connectivity index (χ0) is 20.6. The molecule has 0 spiro atoms. The van der Waals surface area contributed by atoms with Crippen molar-refractivity contribution >= 4 is 34.6 Å². The number of para-hydroxylation sites is 1. The number of fused-ring (bicyclic) bond motifs is 1. The number of carbonyl (C=O) groups is 2. The molecule has 1 aliphatic rings. The number of thioether (sulfide) groups is 1. The van der Waals surface area contributed by atoms with Gasteiger partial charge in [-0.05, 0) is 31.4 Å². The molecule has 0 radical (unpaired) electrons. The van der Waals surface area contributed by atoms with Gasteiger partial charge >= 0.3 is 6.03 Å². The van der Waals surface area contributed by atoms with Crippen molar-refractivity contribution in [2.75, 3.05) is 12.4 Å². The van der Waals surface area contributed by atoms with Crippen LogP contribution in [-0.4, -0.2) is 45.0 Å². The van der Waals surface area contributed by atoms with Gasteiger partial charge in [-0.3, -0.25) is 19.5 Å². The summed E-state index contributed by atoms with van der Waals surface area (Å²) in [5.74, 6) is -0.485. The van der Waals surface area contributed by atoms with Crippen molar-refractivity contribution in [2.24, 2.45) is 0 Å². The van der Waals surface area contributed by atoms with Gasteiger partial charge < -0.3 is 10.4 Å². The fourth-order valence-corrected chi connectivity index (χ4v) is 4.27. The molecule has 8 nitrogen and oxygen atoms in total. The molecule has 1 fully saturated rings. The lowest BCUT2D eigenvalue weighted by Gasteiger charge is -2.22. The molecule has 29 heavy (non-hydrogen) atoms. The molecular formula is C20H26N4O4S. The molecule has 0 atom stereocenters. The first-order valence-corrected chi connectivity index (χ1v) is 10.9. The van der Waals surface area contributed by atoms with Crippen LogP contribution in [0.1, 0.15) is 38.5 Å². The molecule has 0 unspecified atom stereocenters. The van der Waals surface area contributed by atoms with Crippen LogP contribution >= 0.6 is 11.8 Å². The predicted octanol–water partition coefficient (Wildman–Crippen LogP) is 2.03. The Bertz CT molecular complexity index is 924. The van der Waals surface area contributed by atoms with Gasteiger partial charge in [0.2, 0.25) is 5.91 Å². The number of benzene rings is 1. The summed E-state index contributed by atoms with van der Waals surface area (Å²) < 4.78 is 1.47. The number of aliphatic hydroxyl groups excluding tert-OH is 1. The SMILES string of the molecule is O=C(CSc1nc2ccccc2c(=O)n1CCCO)NC(=O)NC1CCCCC1. The van der Waals surface area contributed by atoms with Gasteiger partial charge in [-0.1, -0.05) is 43.2 Å². The summed E-state index contributed by atoms with van der Waals surface area (Å²) in [5.41, 5.74) is 0.345. The van der Waals surface area contributed by atoms with Crippen LogP contribution in [0.3, 0.4) is 0 Å². The van der Waals surface area contributed by atoms with E-state index in [-0.39, 0.29) is 24.0 Å². The Kier molecular flexibility index (Phi) is 7.65. The third-order valence-corrected chi connectivity index (χ3v) is 5.87. The number of rotatable bonds is 7. The van der Waals surface area contributed by atoms with E-state index in [2.05, 4.69) is 15.6 Å². The molecule has 0 aliphatic heterocycles. The highest BCUT2D eigenvalue weighted by Gasteiger charge is 2.18. The highest BCUT2D eigenvalue weighted by Crippen LogP contribution is 2.19. The number of hydrogen-bond acceptors (Lipinski definition) is 6. The summed E-state index contributed by atoms with van der Waals surface area (Å²) in [6, 6.07) is 6.66. The van der Waals surface area contributed by atoms with Crippen molar-refractivity contribution in [3.63, 3.8) is 0 Å². The predicted molar refractivity (Wildman–Crippen MR) is 112 cm³/mol. The zero-order valence-electron chi connectivity index (χ0n) is 16.2. The average molecular weight is 419 g/mol. The number of hydrogen-bond donors (Lipinski definition) is 3. The second-order valence-electron chi connectivity index (χ2n) is 7.09. The fraction of sp³-hybridized carbons (Fsp3) is 0.500. The Morgan fingerprint density at radius 3 is 2.72 bits per heavy atom. The molecule has 1 aromatic heterocycles. The summed E-state index contributed by atoms with van der Waals surface area (Å²) in [4.78, 5) is 41.5. The molecule has 156 valence electrons. The summed E-state index contributed by atoms with van der Waals surface area (Å²) >= 11 is 1.10. The fourth-order valence-electron chi connectivity index (χ4n) is 3.45. The van der Waals surface area contributed by atoms with Gasteiger partial charge in [0.25, 0.3) is 5.56 Å². The molecule has 1 saturated carbocycles. The molecule has 3 amide bonds. The summed E-state index contributed by atoms with van der Waals surface area (Å²) in [7, 11) is 0. The maximum atomic E-state index is 12.8. The number of carbonyl (C=O) groups excluding carboxylic acids is 2. The third kappa shape index (κ3) is 5.80. The number of aliphatic hydroxyl groups is 1. The lowest BCUT2D eigenvalue weighted by atomic mass is 9.96. The number of aromatic nitrogens is 2. The van der Waals surface area contributed by atoms with E-state index >= 15 is 0 Å².